The van der Waals surface area contributed by atoms with Crippen molar-refractivity contribution in [3.8, 4) is 0 Å². The summed E-state index contributed by atoms with van der Waals surface area (Å²) in [5.41, 5.74) is 8.30. The third-order valence-corrected chi connectivity index (χ3v) is 6.09. The number of imidazole rings is 1. The summed E-state index contributed by atoms with van der Waals surface area (Å²) >= 11 is 12.4. The van der Waals surface area contributed by atoms with E-state index in [-0.39, 0.29) is 11.5 Å². The van der Waals surface area contributed by atoms with Gasteiger partial charge in [0, 0.05) is 54.4 Å². The van der Waals surface area contributed by atoms with Crippen LogP contribution in [0.5, 0.6) is 0 Å². The number of piperidine rings is 1. The molecule has 7 nitrogen and oxygen atoms in total. The van der Waals surface area contributed by atoms with Crippen LogP contribution in [-0.2, 0) is 6.42 Å². The minimum absolute atomic E-state index is 0.102. The van der Waals surface area contributed by atoms with Crippen molar-refractivity contribution in [2.24, 2.45) is 11.1 Å². The third-order valence-electron chi connectivity index (χ3n) is 5.66. The van der Waals surface area contributed by atoms with Crippen LogP contribution in [0.15, 0.2) is 24.4 Å². The molecule has 2 aromatic heterocycles. The number of halogens is 2. The second kappa shape index (κ2) is 9.51. The molecule has 1 fully saturated rings. The molecule has 0 saturated carbocycles. The van der Waals surface area contributed by atoms with Crippen molar-refractivity contribution in [3.63, 3.8) is 0 Å². The molecule has 9 heteroatoms. The molecule has 1 aliphatic rings. The van der Waals surface area contributed by atoms with Crippen molar-refractivity contribution in [1.82, 2.24) is 24.4 Å². The van der Waals surface area contributed by atoms with Gasteiger partial charge in [-0.3, -0.25) is 4.57 Å². The zero-order valence-electron chi connectivity index (χ0n) is 18.9. The molecule has 0 unspecified atom stereocenters. The third kappa shape index (κ3) is 5.52. The number of likely N-dealkylation sites (tertiary alicyclic amines) is 1. The highest BCUT2D eigenvalue weighted by atomic mass is 35.5. The van der Waals surface area contributed by atoms with E-state index in [1.54, 1.807) is 6.07 Å². The van der Waals surface area contributed by atoms with Crippen molar-refractivity contribution in [3.05, 3.63) is 40.3 Å². The monoisotopic (exact) mass is 475 g/mol. The molecule has 0 bridgehead atoms. The van der Waals surface area contributed by atoms with Gasteiger partial charge in [-0.2, -0.15) is 0 Å². The smallest absolute Gasteiger partial charge is 0.209 e. The van der Waals surface area contributed by atoms with Crippen LogP contribution in [0, 0.1) is 5.41 Å². The Kier molecular flexibility index (Phi) is 6.91. The molecule has 0 spiro atoms. The standard InChI is InChI=1S/C23H31Cl2N7/c1-23(2,3)13-20-27-14-19-21(30-20)32(18-4-7-31(8-5-18)9-6-26)22(29-19)28-17-11-15(24)10-16(25)12-17/h10-12,14,18H,4-9,13,26H2,1-3H3,(H,28,29). The molecule has 32 heavy (non-hydrogen) atoms. The Morgan fingerprint density at radius 1 is 1.09 bits per heavy atom. The van der Waals surface area contributed by atoms with E-state index in [0.29, 0.717) is 16.6 Å². The number of nitrogens with two attached hydrogens (primary N) is 1. The minimum Gasteiger partial charge on any atom is -0.329 e. The number of aromatic nitrogens is 4. The first-order valence-electron chi connectivity index (χ1n) is 11.1. The maximum Gasteiger partial charge on any atom is 0.209 e. The molecule has 1 saturated heterocycles. The van der Waals surface area contributed by atoms with Crippen LogP contribution < -0.4 is 11.1 Å². The van der Waals surface area contributed by atoms with Gasteiger partial charge in [-0.15, -0.1) is 0 Å². The highest BCUT2D eigenvalue weighted by Gasteiger charge is 2.26. The van der Waals surface area contributed by atoms with E-state index < -0.39 is 0 Å². The Morgan fingerprint density at radius 2 is 1.78 bits per heavy atom. The maximum absolute atomic E-state index is 6.22. The lowest BCUT2D eigenvalue weighted by atomic mass is 9.92. The van der Waals surface area contributed by atoms with E-state index in [2.05, 4.69) is 40.5 Å². The Balaban J connectivity index is 1.73. The molecule has 0 amide bonds. The maximum atomic E-state index is 6.22. The van der Waals surface area contributed by atoms with Crippen molar-refractivity contribution < 1.29 is 0 Å². The Morgan fingerprint density at radius 3 is 2.41 bits per heavy atom. The molecule has 0 atom stereocenters. The van der Waals surface area contributed by atoms with Crippen LogP contribution in [0.25, 0.3) is 11.2 Å². The number of nitrogens with zero attached hydrogens (tertiary/aromatic N) is 5. The van der Waals surface area contributed by atoms with Crippen molar-refractivity contribution in [1.29, 1.82) is 0 Å². The molecule has 1 aromatic carbocycles. The van der Waals surface area contributed by atoms with Gasteiger partial charge >= 0.3 is 0 Å². The first-order valence-corrected chi connectivity index (χ1v) is 11.9. The number of hydrogen-bond donors (Lipinski definition) is 2. The van der Waals surface area contributed by atoms with Crippen molar-refractivity contribution in [2.45, 2.75) is 46.1 Å². The lowest BCUT2D eigenvalue weighted by Crippen LogP contribution is -2.37. The number of fused-ring (bicyclic) bond motifs is 1. The predicted octanol–water partition coefficient (Wildman–Crippen LogP) is 5.06. The fourth-order valence-electron chi connectivity index (χ4n) is 4.26. The fraction of sp³-hybridized carbons (Fsp3) is 0.522. The summed E-state index contributed by atoms with van der Waals surface area (Å²) in [4.78, 5) is 16.8. The molecule has 3 aromatic rings. The SMILES string of the molecule is CC(C)(C)Cc1ncc2nc(Nc3cc(Cl)cc(Cl)c3)n(C3CCN(CCN)CC3)c2n1. The van der Waals surface area contributed by atoms with Crippen LogP contribution >= 0.6 is 23.2 Å². The second-order valence-corrected chi connectivity index (χ2v) is 10.6. The first-order chi connectivity index (χ1) is 15.2. The lowest BCUT2D eigenvalue weighted by Gasteiger charge is -2.33. The number of benzene rings is 1. The lowest BCUT2D eigenvalue weighted by molar-refractivity contribution is 0.193. The quantitative estimate of drug-likeness (QED) is 0.517. The van der Waals surface area contributed by atoms with Gasteiger partial charge in [-0.05, 0) is 36.5 Å². The Hall–Kier alpha value is -1.93. The van der Waals surface area contributed by atoms with Gasteiger partial charge in [0.05, 0.1) is 6.20 Å². The number of rotatable bonds is 6. The van der Waals surface area contributed by atoms with Gasteiger partial charge in [0.2, 0.25) is 5.95 Å². The topological polar surface area (TPSA) is 84.9 Å². The van der Waals surface area contributed by atoms with E-state index in [0.717, 1.165) is 67.5 Å². The molecule has 0 aliphatic carbocycles. The summed E-state index contributed by atoms with van der Waals surface area (Å²) in [5, 5.41) is 4.57. The summed E-state index contributed by atoms with van der Waals surface area (Å²) in [6.07, 6.45) is 4.65. The average Bonchev–Trinajstić information content (AvgIpc) is 3.04. The highest BCUT2D eigenvalue weighted by molar-refractivity contribution is 6.35. The van der Waals surface area contributed by atoms with E-state index in [9.17, 15) is 0 Å². The summed E-state index contributed by atoms with van der Waals surface area (Å²) in [5.74, 6) is 1.57. The van der Waals surface area contributed by atoms with E-state index in [1.165, 1.54) is 0 Å². The normalized spacial score (nSPS) is 16.1. The Labute approximate surface area is 199 Å². The van der Waals surface area contributed by atoms with Crippen LogP contribution in [0.3, 0.4) is 0 Å². The van der Waals surface area contributed by atoms with E-state index >= 15 is 0 Å². The summed E-state index contributed by atoms with van der Waals surface area (Å²) in [6, 6.07) is 5.69. The van der Waals surface area contributed by atoms with Crippen LogP contribution in [0.4, 0.5) is 11.6 Å². The van der Waals surface area contributed by atoms with Crippen LogP contribution in [0.2, 0.25) is 10.0 Å². The highest BCUT2D eigenvalue weighted by Crippen LogP contribution is 2.33. The molecular weight excluding hydrogens is 445 g/mol. The number of nitrogens with one attached hydrogen (secondary N) is 1. The number of anilines is 2. The number of hydrogen-bond acceptors (Lipinski definition) is 6. The first kappa shape index (κ1) is 23.2. The van der Waals surface area contributed by atoms with E-state index in [1.807, 2.05) is 18.3 Å². The molecule has 172 valence electrons. The van der Waals surface area contributed by atoms with E-state index in [4.69, 9.17) is 38.9 Å². The largest absolute Gasteiger partial charge is 0.329 e. The molecule has 3 N–H and O–H groups in total. The fourth-order valence-corrected chi connectivity index (χ4v) is 4.78. The zero-order valence-corrected chi connectivity index (χ0v) is 20.4. The van der Waals surface area contributed by atoms with Gasteiger partial charge in [-0.25, -0.2) is 15.0 Å². The van der Waals surface area contributed by atoms with Crippen molar-refractivity contribution >= 4 is 46.0 Å². The molecule has 3 heterocycles. The average molecular weight is 476 g/mol. The summed E-state index contributed by atoms with van der Waals surface area (Å²) in [7, 11) is 0. The van der Waals surface area contributed by atoms with Crippen LogP contribution in [0.1, 0.15) is 45.5 Å². The van der Waals surface area contributed by atoms with Gasteiger partial charge in [0.15, 0.2) is 5.65 Å². The second-order valence-electron chi connectivity index (χ2n) is 9.68. The van der Waals surface area contributed by atoms with Crippen molar-refractivity contribution in [2.75, 3.05) is 31.5 Å². The van der Waals surface area contributed by atoms with Crippen LogP contribution in [-0.4, -0.2) is 50.6 Å². The van der Waals surface area contributed by atoms with Gasteiger partial charge < -0.3 is 16.0 Å². The zero-order chi connectivity index (χ0) is 22.9. The van der Waals surface area contributed by atoms with Gasteiger partial charge in [0.25, 0.3) is 0 Å². The molecule has 0 radical (unpaired) electrons. The molecule has 1 aliphatic heterocycles. The Bertz CT molecular complexity index is 1060. The minimum atomic E-state index is 0.102. The molecular formula is C23H31Cl2N7. The summed E-state index contributed by atoms with van der Waals surface area (Å²) in [6.45, 7) is 10.2. The van der Waals surface area contributed by atoms with Gasteiger partial charge in [-0.1, -0.05) is 44.0 Å². The van der Waals surface area contributed by atoms with Gasteiger partial charge in [0.1, 0.15) is 11.3 Å². The summed E-state index contributed by atoms with van der Waals surface area (Å²) < 4.78 is 2.23. The predicted molar refractivity (Wildman–Crippen MR) is 132 cm³/mol. The molecule has 4 rings (SSSR count).